The normalized spacial score (nSPS) is 13.1. The Morgan fingerprint density at radius 1 is 1.08 bits per heavy atom. The topological polar surface area (TPSA) is 55.6 Å². The molecule has 0 bridgehead atoms. The van der Waals surface area contributed by atoms with Crippen LogP contribution in [-0.4, -0.2) is 19.7 Å². The molecular formula is C19H21N5. The first-order chi connectivity index (χ1) is 11.7. The van der Waals surface area contributed by atoms with Gasteiger partial charge in [-0.25, -0.2) is 9.67 Å². The highest BCUT2D eigenvalue weighted by atomic mass is 15.3. The number of hydrogen-bond donors (Lipinski definition) is 1. The van der Waals surface area contributed by atoms with Gasteiger partial charge in [0.15, 0.2) is 5.82 Å². The SMILES string of the molecule is Cc1cc(C)n(-c2cncc(NCc3ccc4c(c3)CCC4)n2)n1. The van der Waals surface area contributed by atoms with Crippen molar-refractivity contribution in [2.45, 2.75) is 39.7 Å². The molecule has 0 atom stereocenters. The van der Waals surface area contributed by atoms with Crippen LogP contribution in [0.1, 0.15) is 34.5 Å². The highest BCUT2D eigenvalue weighted by Crippen LogP contribution is 2.23. The van der Waals surface area contributed by atoms with Crippen LogP contribution in [0.4, 0.5) is 5.82 Å². The summed E-state index contributed by atoms with van der Waals surface area (Å²) in [6.07, 6.45) is 7.19. The Bertz CT molecular complexity index is 881. The Morgan fingerprint density at radius 3 is 2.79 bits per heavy atom. The maximum absolute atomic E-state index is 4.63. The number of benzene rings is 1. The standard InChI is InChI=1S/C19H21N5/c1-13-8-14(2)24(23-13)19-12-20-11-18(22-19)21-10-15-6-7-16-4-3-5-17(16)9-15/h6-9,11-12H,3-5,10H2,1-2H3,(H,21,22). The van der Waals surface area contributed by atoms with E-state index in [4.69, 9.17) is 0 Å². The van der Waals surface area contributed by atoms with Gasteiger partial charge in [0.1, 0.15) is 5.82 Å². The van der Waals surface area contributed by atoms with Crippen molar-refractivity contribution in [1.29, 1.82) is 0 Å². The third-order valence-corrected chi connectivity index (χ3v) is 4.48. The number of rotatable bonds is 4. The van der Waals surface area contributed by atoms with Gasteiger partial charge in [-0.05, 0) is 55.9 Å². The second-order valence-corrected chi connectivity index (χ2v) is 6.41. The predicted molar refractivity (Wildman–Crippen MR) is 94.4 cm³/mol. The molecule has 4 rings (SSSR count). The average Bonchev–Trinajstić information content (AvgIpc) is 3.18. The lowest BCUT2D eigenvalue weighted by Crippen LogP contribution is -2.07. The number of fused-ring (bicyclic) bond motifs is 1. The van der Waals surface area contributed by atoms with Gasteiger partial charge in [-0.15, -0.1) is 0 Å². The van der Waals surface area contributed by atoms with Crippen molar-refractivity contribution in [1.82, 2.24) is 19.7 Å². The zero-order valence-electron chi connectivity index (χ0n) is 14.1. The molecule has 1 aliphatic rings. The molecule has 122 valence electrons. The molecule has 0 aliphatic heterocycles. The summed E-state index contributed by atoms with van der Waals surface area (Å²) >= 11 is 0. The van der Waals surface area contributed by atoms with Crippen molar-refractivity contribution >= 4 is 5.82 Å². The van der Waals surface area contributed by atoms with E-state index in [1.165, 1.54) is 36.0 Å². The van der Waals surface area contributed by atoms with Crippen LogP contribution in [0.3, 0.4) is 0 Å². The molecule has 1 aliphatic carbocycles. The molecule has 0 saturated carbocycles. The minimum absolute atomic E-state index is 0.736. The van der Waals surface area contributed by atoms with E-state index in [0.717, 1.165) is 29.6 Å². The first-order valence-corrected chi connectivity index (χ1v) is 8.39. The van der Waals surface area contributed by atoms with Crippen molar-refractivity contribution < 1.29 is 0 Å². The number of nitrogens with one attached hydrogen (secondary N) is 1. The fraction of sp³-hybridized carbons (Fsp3) is 0.316. The van der Waals surface area contributed by atoms with Gasteiger partial charge in [-0.1, -0.05) is 18.2 Å². The average molecular weight is 319 g/mol. The van der Waals surface area contributed by atoms with E-state index < -0.39 is 0 Å². The molecule has 0 amide bonds. The van der Waals surface area contributed by atoms with E-state index >= 15 is 0 Å². The van der Waals surface area contributed by atoms with Gasteiger partial charge in [-0.3, -0.25) is 4.98 Å². The molecular weight excluding hydrogens is 298 g/mol. The highest BCUT2D eigenvalue weighted by Gasteiger charge is 2.11. The lowest BCUT2D eigenvalue weighted by atomic mass is 10.1. The molecule has 0 fully saturated rings. The molecule has 0 radical (unpaired) electrons. The number of nitrogens with zero attached hydrogens (tertiary/aromatic N) is 4. The zero-order chi connectivity index (χ0) is 16.5. The summed E-state index contributed by atoms with van der Waals surface area (Å²) in [5.74, 6) is 1.50. The van der Waals surface area contributed by atoms with Crippen molar-refractivity contribution in [2.24, 2.45) is 0 Å². The molecule has 0 spiro atoms. The summed E-state index contributed by atoms with van der Waals surface area (Å²) in [5, 5.41) is 7.84. The lowest BCUT2D eigenvalue weighted by molar-refractivity contribution is 0.799. The highest BCUT2D eigenvalue weighted by molar-refractivity contribution is 5.40. The summed E-state index contributed by atoms with van der Waals surface area (Å²) in [7, 11) is 0. The second kappa shape index (κ2) is 6.07. The first kappa shape index (κ1) is 14.9. The Hall–Kier alpha value is -2.69. The van der Waals surface area contributed by atoms with E-state index in [2.05, 4.69) is 38.6 Å². The Kier molecular flexibility index (Phi) is 3.76. The van der Waals surface area contributed by atoms with Crippen LogP contribution in [-0.2, 0) is 19.4 Å². The van der Waals surface area contributed by atoms with E-state index in [-0.39, 0.29) is 0 Å². The van der Waals surface area contributed by atoms with Gasteiger partial charge in [0.05, 0.1) is 18.1 Å². The largest absolute Gasteiger partial charge is 0.365 e. The summed E-state index contributed by atoms with van der Waals surface area (Å²) in [4.78, 5) is 8.93. The van der Waals surface area contributed by atoms with Crippen LogP contribution in [0, 0.1) is 13.8 Å². The van der Waals surface area contributed by atoms with Crippen LogP contribution in [0.5, 0.6) is 0 Å². The van der Waals surface area contributed by atoms with E-state index in [1.54, 1.807) is 12.4 Å². The first-order valence-electron chi connectivity index (χ1n) is 8.39. The number of aryl methyl sites for hydroxylation is 4. The number of hydrogen-bond acceptors (Lipinski definition) is 4. The molecule has 1 aromatic carbocycles. The summed E-state index contributed by atoms with van der Waals surface area (Å²) < 4.78 is 1.82. The maximum atomic E-state index is 4.63. The fourth-order valence-corrected chi connectivity index (χ4v) is 3.33. The van der Waals surface area contributed by atoms with Gasteiger partial charge in [0.25, 0.3) is 0 Å². The molecule has 2 heterocycles. The van der Waals surface area contributed by atoms with Crippen LogP contribution in [0.15, 0.2) is 36.7 Å². The molecule has 5 nitrogen and oxygen atoms in total. The predicted octanol–water partition coefficient (Wildman–Crippen LogP) is 3.38. The van der Waals surface area contributed by atoms with Crippen LogP contribution >= 0.6 is 0 Å². The van der Waals surface area contributed by atoms with Gasteiger partial charge >= 0.3 is 0 Å². The van der Waals surface area contributed by atoms with Gasteiger partial charge in [0.2, 0.25) is 0 Å². The number of anilines is 1. The van der Waals surface area contributed by atoms with Gasteiger partial charge < -0.3 is 5.32 Å². The molecule has 24 heavy (non-hydrogen) atoms. The van der Waals surface area contributed by atoms with Crippen molar-refractivity contribution in [3.8, 4) is 5.82 Å². The van der Waals surface area contributed by atoms with Crippen molar-refractivity contribution in [3.05, 3.63) is 64.7 Å². The molecule has 3 aromatic rings. The van der Waals surface area contributed by atoms with Crippen LogP contribution in [0.2, 0.25) is 0 Å². The maximum Gasteiger partial charge on any atom is 0.174 e. The summed E-state index contributed by atoms with van der Waals surface area (Å²) in [6, 6.07) is 8.81. The van der Waals surface area contributed by atoms with Crippen molar-refractivity contribution in [2.75, 3.05) is 5.32 Å². The lowest BCUT2D eigenvalue weighted by Gasteiger charge is -2.09. The Morgan fingerprint density at radius 2 is 1.96 bits per heavy atom. The zero-order valence-corrected chi connectivity index (χ0v) is 14.1. The molecule has 0 unspecified atom stereocenters. The quantitative estimate of drug-likeness (QED) is 0.801. The molecule has 5 heteroatoms. The van der Waals surface area contributed by atoms with Gasteiger partial charge in [0, 0.05) is 12.2 Å². The molecule has 2 aromatic heterocycles. The second-order valence-electron chi connectivity index (χ2n) is 6.41. The Balaban J connectivity index is 1.51. The Labute approximate surface area is 141 Å². The van der Waals surface area contributed by atoms with E-state index in [0.29, 0.717) is 0 Å². The minimum Gasteiger partial charge on any atom is -0.365 e. The van der Waals surface area contributed by atoms with E-state index in [1.807, 2.05) is 24.6 Å². The molecule has 0 saturated heterocycles. The van der Waals surface area contributed by atoms with Gasteiger partial charge in [-0.2, -0.15) is 5.10 Å². The van der Waals surface area contributed by atoms with E-state index in [9.17, 15) is 0 Å². The summed E-state index contributed by atoms with van der Waals surface area (Å²) in [5.41, 5.74) is 6.32. The fourth-order valence-electron chi connectivity index (χ4n) is 3.33. The smallest absolute Gasteiger partial charge is 0.174 e. The number of aromatic nitrogens is 4. The molecule has 1 N–H and O–H groups in total. The van der Waals surface area contributed by atoms with Crippen LogP contribution < -0.4 is 5.32 Å². The summed E-state index contributed by atoms with van der Waals surface area (Å²) in [6.45, 7) is 4.75. The van der Waals surface area contributed by atoms with Crippen LogP contribution in [0.25, 0.3) is 5.82 Å². The third-order valence-electron chi connectivity index (χ3n) is 4.48. The van der Waals surface area contributed by atoms with Crippen molar-refractivity contribution in [3.63, 3.8) is 0 Å². The minimum atomic E-state index is 0.736. The monoisotopic (exact) mass is 319 g/mol. The third kappa shape index (κ3) is 2.89.